The Balaban J connectivity index is 2.23. The molecule has 0 aromatic carbocycles. The van der Waals surface area contributed by atoms with E-state index >= 15 is 0 Å². The molecule has 140 valence electrons. The van der Waals surface area contributed by atoms with E-state index in [-0.39, 0.29) is 17.8 Å². The average Bonchev–Trinajstić information content (AvgIpc) is 3.03. The summed E-state index contributed by atoms with van der Waals surface area (Å²) in [5.74, 6) is -1.63. The second kappa shape index (κ2) is 7.88. The number of carbonyl (C=O) groups excluding carboxylic acids is 1. The Morgan fingerprint density at radius 2 is 2.00 bits per heavy atom. The molecule has 2 amide bonds. The zero-order valence-electron chi connectivity index (χ0n) is 13.1. The quantitative estimate of drug-likeness (QED) is 0.754. The zero-order chi connectivity index (χ0) is 19.5. The van der Waals surface area contributed by atoms with Crippen LogP contribution >= 0.6 is 22.9 Å². The minimum absolute atomic E-state index is 0.0963. The van der Waals surface area contributed by atoms with E-state index in [0.717, 1.165) is 6.07 Å². The Hall–Kier alpha value is -2.38. The van der Waals surface area contributed by atoms with Gasteiger partial charge >= 0.3 is 12.0 Å². The highest BCUT2D eigenvalue weighted by molar-refractivity contribution is 7.92. The lowest BCUT2D eigenvalue weighted by atomic mass is 10.3. The fraction of sp³-hybridized carbons (Fsp3) is 0.167. The van der Waals surface area contributed by atoms with Crippen molar-refractivity contribution in [2.45, 2.75) is 11.1 Å². The minimum atomic E-state index is -4.52. The maximum absolute atomic E-state index is 13.6. The van der Waals surface area contributed by atoms with E-state index in [2.05, 4.69) is 20.3 Å². The Morgan fingerprint density at radius 1 is 1.31 bits per heavy atom. The number of carbonyl (C=O) groups is 1. The van der Waals surface area contributed by atoms with Gasteiger partial charge in [-0.15, -0.1) is 11.3 Å². The molecule has 0 aliphatic rings. The predicted octanol–water partition coefficient (Wildman–Crippen LogP) is 2.56. The van der Waals surface area contributed by atoms with Gasteiger partial charge in [-0.05, 0) is 30.0 Å². The molecule has 0 unspecified atom stereocenters. The van der Waals surface area contributed by atoms with Gasteiger partial charge in [-0.25, -0.2) is 22.3 Å². The van der Waals surface area contributed by atoms with E-state index in [1.165, 1.54) is 19.4 Å². The summed E-state index contributed by atoms with van der Waals surface area (Å²) >= 11 is 5.48. The summed E-state index contributed by atoms with van der Waals surface area (Å²) in [7, 11) is -3.23. The molecule has 0 fully saturated rings. The number of hydrogen-bond acceptors (Lipinski definition) is 8. The molecule has 0 saturated carbocycles. The summed E-state index contributed by atoms with van der Waals surface area (Å²) in [6.45, 7) is 1.50. The van der Waals surface area contributed by atoms with E-state index in [0.29, 0.717) is 11.3 Å². The van der Waals surface area contributed by atoms with Gasteiger partial charge < -0.3 is 4.74 Å². The lowest BCUT2D eigenvalue weighted by molar-refractivity contribution is 0.256. The van der Waals surface area contributed by atoms with Crippen LogP contribution < -0.4 is 14.8 Å². The number of hydrogen-bond donors (Lipinski definition) is 2. The molecule has 0 atom stereocenters. The molecule has 2 aromatic rings. The molecule has 14 heteroatoms. The van der Waals surface area contributed by atoms with Gasteiger partial charge in [0.05, 0.1) is 7.11 Å². The highest BCUT2D eigenvalue weighted by atomic mass is 35.5. The average molecular weight is 426 g/mol. The van der Waals surface area contributed by atoms with Crippen molar-refractivity contribution in [2.24, 2.45) is 0 Å². The number of thiophene rings is 1. The monoisotopic (exact) mass is 425 g/mol. The van der Waals surface area contributed by atoms with Crippen molar-refractivity contribution in [3.63, 3.8) is 0 Å². The van der Waals surface area contributed by atoms with Crippen LogP contribution in [0, 0.1) is 6.92 Å². The van der Waals surface area contributed by atoms with Crippen LogP contribution in [0.5, 0.6) is 6.01 Å². The molecule has 9 nitrogen and oxygen atoms in total. The first-order chi connectivity index (χ1) is 12.1. The van der Waals surface area contributed by atoms with E-state index in [9.17, 15) is 22.0 Å². The van der Waals surface area contributed by atoms with Gasteiger partial charge in [0.15, 0.2) is 10.0 Å². The molecule has 0 bridgehead atoms. The molecule has 0 aliphatic heterocycles. The van der Waals surface area contributed by atoms with Gasteiger partial charge in [-0.1, -0.05) is 0 Å². The van der Waals surface area contributed by atoms with Crippen molar-refractivity contribution in [1.82, 2.24) is 19.7 Å². The molecular weight excluding hydrogens is 416 g/mol. The van der Waals surface area contributed by atoms with E-state index in [1.54, 1.807) is 4.72 Å². The van der Waals surface area contributed by atoms with Gasteiger partial charge in [0.2, 0.25) is 11.2 Å². The van der Waals surface area contributed by atoms with Crippen LogP contribution in [0.15, 0.2) is 20.9 Å². The summed E-state index contributed by atoms with van der Waals surface area (Å²) in [5.41, 5.74) is -0.611. The first-order valence-corrected chi connectivity index (χ1v) is 9.27. The van der Waals surface area contributed by atoms with Crippen LogP contribution in [-0.2, 0) is 10.0 Å². The number of aromatic nitrogens is 3. The summed E-state index contributed by atoms with van der Waals surface area (Å²) in [6.07, 6.45) is 0. The lowest BCUT2D eigenvalue weighted by Gasteiger charge is -2.08. The van der Waals surface area contributed by atoms with Crippen LogP contribution in [-0.4, -0.2) is 36.5 Å². The molecule has 2 aromatic heterocycles. The summed E-state index contributed by atoms with van der Waals surface area (Å²) < 4.78 is 56.7. The summed E-state index contributed by atoms with van der Waals surface area (Å²) in [6, 6.07) is -0.317. The molecule has 26 heavy (non-hydrogen) atoms. The topological polar surface area (TPSA) is 123 Å². The van der Waals surface area contributed by atoms with Crippen molar-refractivity contribution in [2.75, 3.05) is 12.4 Å². The lowest BCUT2D eigenvalue weighted by Crippen LogP contribution is -2.35. The number of anilines is 1. The summed E-state index contributed by atoms with van der Waals surface area (Å²) in [5, 5.41) is 1.56. The highest BCUT2D eigenvalue weighted by Gasteiger charge is 2.26. The number of nitrogens with zero attached hydrogens (tertiary/aromatic N) is 3. The third-order valence-electron chi connectivity index (χ3n) is 2.64. The normalized spacial score (nSPS) is 12.3. The van der Waals surface area contributed by atoms with Crippen LogP contribution in [0.3, 0.4) is 0 Å². The van der Waals surface area contributed by atoms with Crippen LogP contribution in [0.4, 0.5) is 19.5 Å². The maximum atomic E-state index is 13.6. The minimum Gasteiger partial charge on any atom is -0.467 e. The number of urea groups is 1. The number of rotatable bonds is 5. The van der Waals surface area contributed by atoms with Crippen molar-refractivity contribution >= 4 is 50.8 Å². The van der Waals surface area contributed by atoms with Crippen LogP contribution in [0.2, 0.25) is 0 Å². The predicted molar refractivity (Wildman–Crippen MR) is 89.8 cm³/mol. The van der Waals surface area contributed by atoms with Crippen molar-refractivity contribution in [3.8, 4) is 6.01 Å². The molecule has 0 radical (unpaired) electrons. The maximum Gasteiger partial charge on any atom is 0.335 e. The van der Waals surface area contributed by atoms with E-state index < -0.39 is 36.9 Å². The molecule has 0 spiro atoms. The molecule has 2 N–H and O–H groups in total. The number of aryl methyl sites for hydroxylation is 1. The third kappa shape index (κ3) is 4.62. The Bertz CT molecular complexity index is 976. The number of amides is 2. The Kier molecular flexibility index (Phi) is 6.05. The largest absolute Gasteiger partial charge is 0.467 e. The number of methoxy groups -OCH3 is 1. The third-order valence-corrected chi connectivity index (χ3v) is 5.62. The first-order valence-electron chi connectivity index (χ1n) is 6.53. The number of ether oxygens (including phenoxy) is 1. The van der Waals surface area contributed by atoms with E-state index in [1.807, 2.05) is 0 Å². The van der Waals surface area contributed by atoms with Gasteiger partial charge in [0, 0.05) is 5.56 Å². The Morgan fingerprint density at radius 3 is 2.62 bits per heavy atom. The molecule has 0 saturated heterocycles. The fourth-order valence-electron chi connectivity index (χ4n) is 1.67. The second-order valence-corrected chi connectivity index (χ2v) is 7.57. The molecule has 2 heterocycles. The molecule has 0 aliphatic carbocycles. The molecular formula is C12H10ClF2N5O4S2. The van der Waals surface area contributed by atoms with Crippen LogP contribution in [0.1, 0.15) is 11.4 Å². The van der Waals surface area contributed by atoms with Gasteiger partial charge in [-0.2, -0.15) is 19.3 Å². The first kappa shape index (κ1) is 19.9. The van der Waals surface area contributed by atoms with Crippen molar-refractivity contribution in [3.05, 3.63) is 28.1 Å². The van der Waals surface area contributed by atoms with Crippen molar-refractivity contribution < 1.29 is 26.7 Å². The van der Waals surface area contributed by atoms with Crippen molar-refractivity contribution in [1.29, 1.82) is 0 Å². The van der Waals surface area contributed by atoms with E-state index in [4.69, 9.17) is 16.3 Å². The number of nitrogens with one attached hydrogen (secondary N) is 2. The van der Waals surface area contributed by atoms with Crippen LogP contribution in [0.25, 0.3) is 5.83 Å². The fourth-order valence-corrected chi connectivity index (χ4v) is 4.02. The SMILES string of the molecule is COc1nc(C)nc(NC(=O)NS(=O)(=O)c2sccc2/C(F)=C(\F)Cl)n1. The Labute approximate surface area is 155 Å². The summed E-state index contributed by atoms with van der Waals surface area (Å²) in [4.78, 5) is 23.2. The second-order valence-electron chi connectivity index (χ2n) is 4.45. The number of sulfonamides is 1. The zero-order valence-corrected chi connectivity index (χ0v) is 15.5. The number of halogens is 3. The van der Waals surface area contributed by atoms with Gasteiger partial charge in [0.25, 0.3) is 10.0 Å². The molecule has 2 rings (SSSR count). The highest BCUT2D eigenvalue weighted by Crippen LogP contribution is 2.32. The van der Waals surface area contributed by atoms with Gasteiger partial charge in [0.1, 0.15) is 5.82 Å². The van der Waals surface area contributed by atoms with Gasteiger partial charge in [-0.3, -0.25) is 5.32 Å². The standard InChI is InChI=1S/C12H10ClF2N5O4S2/c1-5-16-10(19-12(17-5)24-2)18-11(21)20-26(22,23)9-6(3-4-25-9)7(14)8(13)15/h3-4H,1-2H3,(H2,16,17,18,19,20,21)/b8-7+. The smallest absolute Gasteiger partial charge is 0.335 e.